The van der Waals surface area contributed by atoms with Gasteiger partial charge in [0.05, 0.1) is 22.9 Å². The van der Waals surface area contributed by atoms with Crippen molar-refractivity contribution in [2.45, 2.75) is 11.2 Å². The number of hydrogen-bond donors (Lipinski definition) is 2. The van der Waals surface area contributed by atoms with Crippen LogP contribution in [0.1, 0.15) is 22.3 Å². The summed E-state index contributed by atoms with van der Waals surface area (Å²) in [6, 6.07) is 7.12. The van der Waals surface area contributed by atoms with E-state index in [1.807, 2.05) is 6.07 Å². The largest absolute Gasteiger partial charge is 0.481 e. The summed E-state index contributed by atoms with van der Waals surface area (Å²) in [5, 5.41) is 18.3. The van der Waals surface area contributed by atoms with E-state index in [1.54, 1.807) is 18.2 Å². The average Bonchev–Trinajstić information content (AvgIpc) is 2.80. The van der Waals surface area contributed by atoms with Gasteiger partial charge in [0.25, 0.3) is 0 Å². The summed E-state index contributed by atoms with van der Waals surface area (Å²) in [6.45, 7) is 0. The number of carboxylic acid groups (broad SMARTS) is 1. The van der Waals surface area contributed by atoms with Crippen LogP contribution in [-0.4, -0.2) is 26.7 Å². The zero-order valence-electron chi connectivity index (χ0n) is 9.68. The molecule has 0 radical (unpaired) electrons. The van der Waals surface area contributed by atoms with E-state index in [9.17, 15) is 9.59 Å². The summed E-state index contributed by atoms with van der Waals surface area (Å²) in [6.07, 6.45) is 1.20. The Labute approximate surface area is 117 Å². The van der Waals surface area contributed by atoms with Crippen molar-refractivity contribution in [2.24, 2.45) is 0 Å². The van der Waals surface area contributed by atoms with E-state index in [0.717, 1.165) is 0 Å². The summed E-state index contributed by atoms with van der Waals surface area (Å²) in [5.74, 6) is -1.41. The molecule has 0 saturated heterocycles. The Morgan fingerprint density at radius 3 is 2.84 bits per heavy atom. The van der Waals surface area contributed by atoms with Crippen molar-refractivity contribution in [2.75, 3.05) is 0 Å². The predicted molar refractivity (Wildman–Crippen MR) is 72.3 cm³/mol. The van der Waals surface area contributed by atoms with E-state index >= 15 is 0 Å². The molecule has 1 unspecified atom stereocenters. The fourth-order valence-electron chi connectivity index (χ4n) is 1.89. The molecule has 1 aromatic carbocycles. The molecule has 1 aromatic heterocycles. The Kier molecular flexibility index (Phi) is 3.67. The van der Waals surface area contributed by atoms with Crippen LogP contribution in [0.3, 0.4) is 0 Å². The lowest BCUT2D eigenvalue weighted by molar-refractivity contribution is -0.136. The summed E-state index contributed by atoms with van der Waals surface area (Å²) in [5.41, 5.74) is 1.39. The van der Waals surface area contributed by atoms with Gasteiger partial charge in [0.1, 0.15) is 0 Å². The molecule has 1 heterocycles. The molecule has 0 spiro atoms. The topological polar surface area (TPSA) is 94.0 Å². The molecule has 2 aromatic rings. The number of benzene rings is 1. The van der Waals surface area contributed by atoms with Gasteiger partial charge >= 0.3 is 5.97 Å². The Balaban J connectivity index is 2.49. The van der Waals surface area contributed by atoms with Crippen LogP contribution in [0.5, 0.6) is 0 Å². The maximum atomic E-state index is 12.2. The minimum absolute atomic E-state index is 0.305. The quantitative estimate of drug-likeness (QED) is 0.668. The third kappa shape index (κ3) is 2.51. The number of hydrogen-bond acceptors (Lipinski definition) is 3. The highest BCUT2D eigenvalue weighted by molar-refractivity contribution is 9.10. The van der Waals surface area contributed by atoms with Gasteiger partial charge in [-0.3, -0.25) is 9.59 Å². The first-order valence-electron chi connectivity index (χ1n) is 5.45. The lowest BCUT2D eigenvalue weighted by atomic mass is 10.0. The van der Waals surface area contributed by atoms with Crippen molar-refractivity contribution >= 4 is 38.6 Å². The number of aliphatic carboxylic acids is 1. The van der Waals surface area contributed by atoms with Crippen molar-refractivity contribution in [1.29, 1.82) is 5.26 Å². The van der Waals surface area contributed by atoms with Gasteiger partial charge in [-0.1, -0.05) is 22.0 Å². The van der Waals surface area contributed by atoms with E-state index < -0.39 is 10.8 Å². The standard InChI is InChI=1S/C13H9BrN2O3/c14-9(4-11(17)18)13(19)8-6-16-10-3-1-2-7(5-15)12(8)10/h1-3,6,9,16H,4H2,(H,17,18). The molecule has 0 aliphatic carbocycles. The summed E-state index contributed by atoms with van der Waals surface area (Å²) >= 11 is 3.07. The molecule has 0 saturated carbocycles. The molecule has 96 valence electrons. The van der Waals surface area contributed by atoms with E-state index in [1.165, 1.54) is 6.20 Å². The van der Waals surface area contributed by atoms with Gasteiger partial charge in [-0.15, -0.1) is 0 Å². The minimum atomic E-state index is -1.06. The van der Waals surface area contributed by atoms with Crippen LogP contribution < -0.4 is 0 Å². The van der Waals surface area contributed by atoms with Gasteiger partial charge in [0.2, 0.25) is 0 Å². The molecule has 0 fully saturated rings. The second kappa shape index (κ2) is 5.24. The van der Waals surface area contributed by atoms with Crippen LogP contribution in [0.25, 0.3) is 10.9 Å². The fraction of sp³-hybridized carbons (Fsp3) is 0.154. The van der Waals surface area contributed by atoms with E-state index in [0.29, 0.717) is 22.0 Å². The number of rotatable bonds is 4. The maximum Gasteiger partial charge on any atom is 0.304 e. The molecule has 0 bridgehead atoms. The van der Waals surface area contributed by atoms with Gasteiger partial charge in [-0.05, 0) is 12.1 Å². The first kappa shape index (κ1) is 13.3. The number of halogens is 1. The molecule has 2 rings (SSSR count). The molecular weight excluding hydrogens is 312 g/mol. The van der Waals surface area contributed by atoms with Crippen molar-refractivity contribution < 1.29 is 14.7 Å². The number of fused-ring (bicyclic) bond motifs is 1. The molecule has 5 nitrogen and oxygen atoms in total. The van der Waals surface area contributed by atoms with Crippen LogP contribution in [0.4, 0.5) is 0 Å². The number of alkyl halides is 1. The zero-order chi connectivity index (χ0) is 14.0. The maximum absolute atomic E-state index is 12.2. The molecule has 0 aliphatic heterocycles. The number of nitrogens with zero attached hydrogens (tertiary/aromatic N) is 1. The molecule has 1 atom stereocenters. The Bertz CT molecular complexity index is 699. The molecule has 2 N–H and O–H groups in total. The molecular formula is C13H9BrN2O3. The Morgan fingerprint density at radius 2 is 2.21 bits per heavy atom. The highest BCUT2D eigenvalue weighted by Crippen LogP contribution is 2.25. The highest BCUT2D eigenvalue weighted by atomic mass is 79.9. The monoisotopic (exact) mass is 320 g/mol. The van der Waals surface area contributed by atoms with Crippen LogP contribution in [0.2, 0.25) is 0 Å². The van der Waals surface area contributed by atoms with Crippen molar-refractivity contribution in [3.8, 4) is 6.07 Å². The number of carbonyl (C=O) groups excluding carboxylic acids is 1. The van der Waals surface area contributed by atoms with Crippen LogP contribution in [0, 0.1) is 11.3 Å². The van der Waals surface area contributed by atoms with Gasteiger partial charge < -0.3 is 10.1 Å². The fourth-order valence-corrected chi connectivity index (χ4v) is 2.41. The smallest absolute Gasteiger partial charge is 0.304 e. The minimum Gasteiger partial charge on any atom is -0.481 e. The molecule has 0 aliphatic rings. The lowest BCUT2D eigenvalue weighted by Gasteiger charge is -2.05. The highest BCUT2D eigenvalue weighted by Gasteiger charge is 2.23. The number of aromatic nitrogens is 1. The lowest BCUT2D eigenvalue weighted by Crippen LogP contribution is -2.18. The van der Waals surface area contributed by atoms with Gasteiger partial charge in [-0.2, -0.15) is 5.26 Å². The number of nitriles is 1. The second-order valence-corrected chi connectivity index (χ2v) is 5.08. The van der Waals surface area contributed by atoms with Crippen molar-refractivity contribution in [3.63, 3.8) is 0 Å². The number of ketones is 1. The van der Waals surface area contributed by atoms with Gasteiger partial charge in [0, 0.05) is 22.7 Å². The van der Waals surface area contributed by atoms with Gasteiger partial charge in [0.15, 0.2) is 5.78 Å². The van der Waals surface area contributed by atoms with Crippen molar-refractivity contribution in [3.05, 3.63) is 35.5 Å². The second-order valence-electron chi connectivity index (χ2n) is 3.97. The molecule has 19 heavy (non-hydrogen) atoms. The van der Waals surface area contributed by atoms with Crippen LogP contribution in [-0.2, 0) is 4.79 Å². The first-order valence-corrected chi connectivity index (χ1v) is 6.36. The normalized spacial score (nSPS) is 12.0. The first-order chi connectivity index (χ1) is 9.04. The number of carbonyl (C=O) groups is 2. The third-order valence-electron chi connectivity index (χ3n) is 2.73. The third-order valence-corrected chi connectivity index (χ3v) is 3.47. The summed E-state index contributed by atoms with van der Waals surface area (Å²) in [4.78, 5) is 24.9. The Morgan fingerprint density at radius 1 is 1.47 bits per heavy atom. The van der Waals surface area contributed by atoms with E-state index in [-0.39, 0.29) is 12.2 Å². The van der Waals surface area contributed by atoms with Gasteiger partial charge in [-0.25, -0.2) is 0 Å². The number of nitrogens with one attached hydrogen (secondary N) is 1. The van der Waals surface area contributed by atoms with E-state index in [2.05, 4.69) is 20.9 Å². The molecule has 0 amide bonds. The number of aromatic amines is 1. The SMILES string of the molecule is N#Cc1cccc2[nH]cc(C(=O)C(Br)CC(=O)O)c12. The van der Waals surface area contributed by atoms with Crippen LogP contribution in [0.15, 0.2) is 24.4 Å². The van der Waals surface area contributed by atoms with E-state index in [4.69, 9.17) is 10.4 Å². The summed E-state index contributed by atoms with van der Waals surface area (Å²) < 4.78 is 0. The molecule has 6 heteroatoms. The predicted octanol–water partition coefficient (Wildman–Crippen LogP) is 2.46. The zero-order valence-corrected chi connectivity index (χ0v) is 11.3. The number of Topliss-reactive ketones (excluding diaryl/α,β-unsaturated/α-hetero) is 1. The average molecular weight is 321 g/mol. The van der Waals surface area contributed by atoms with Crippen molar-refractivity contribution in [1.82, 2.24) is 4.98 Å². The number of H-pyrrole nitrogens is 1. The van der Waals surface area contributed by atoms with Crippen LogP contribution >= 0.6 is 15.9 Å². The Hall–Kier alpha value is -2.13. The number of carboxylic acids is 1. The summed E-state index contributed by atoms with van der Waals surface area (Å²) in [7, 11) is 0.